The SMILES string of the molecule is O=S(=O)(Oc1c(F)cc(C(c2ccccc2)(c2cc(F)c(OS(=O)(=O)c3ccc(F)cc3)c(F)c2)C(F)(F)F)cc1F)c1ccc(F)cc1. The first-order valence-electron chi connectivity index (χ1n) is 13.4. The lowest BCUT2D eigenvalue weighted by atomic mass is 9.68. The zero-order valence-electron chi connectivity index (χ0n) is 24.0. The van der Waals surface area contributed by atoms with Crippen molar-refractivity contribution in [3.63, 3.8) is 0 Å². The van der Waals surface area contributed by atoms with Gasteiger partial charge in [0.1, 0.15) is 26.8 Å². The van der Waals surface area contributed by atoms with Gasteiger partial charge in [0.2, 0.25) is 11.5 Å². The van der Waals surface area contributed by atoms with E-state index < -0.39 is 105 Å². The maximum atomic E-state index is 15.5. The molecule has 0 heterocycles. The Labute approximate surface area is 272 Å². The van der Waals surface area contributed by atoms with E-state index in [-0.39, 0.29) is 24.3 Å². The van der Waals surface area contributed by atoms with Crippen LogP contribution in [0.25, 0.3) is 0 Å². The second-order valence-corrected chi connectivity index (χ2v) is 13.2. The first-order valence-corrected chi connectivity index (χ1v) is 16.2. The zero-order valence-corrected chi connectivity index (χ0v) is 25.6. The number of alkyl halides is 3. The molecule has 5 aromatic rings. The van der Waals surface area contributed by atoms with Crippen LogP contribution in [0.2, 0.25) is 0 Å². The summed E-state index contributed by atoms with van der Waals surface area (Å²) in [6.45, 7) is 0. The Balaban J connectivity index is 1.69. The first kappa shape index (κ1) is 35.3. The molecule has 0 atom stereocenters. The van der Waals surface area contributed by atoms with Crippen LogP contribution < -0.4 is 8.37 Å². The lowest BCUT2D eigenvalue weighted by molar-refractivity contribution is -0.166. The monoisotopic (exact) mass is 732 g/mol. The minimum atomic E-state index is -5.67. The molecule has 0 bridgehead atoms. The van der Waals surface area contributed by atoms with Gasteiger partial charge in [0.05, 0.1) is 0 Å². The van der Waals surface area contributed by atoms with Gasteiger partial charge in [-0.05, 0) is 89.5 Å². The van der Waals surface area contributed by atoms with E-state index in [1.165, 1.54) is 6.07 Å². The molecule has 5 rings (SSSR count). The van der Waals surface area contributed by atoms with Crippen molar-refractivity contribution in [2.24, 2.45) is 0 Å². The molecule has 0 fully saturated rings. The number of hydrogen-bond donors (Lipinski definition) is 0. The standard InChI is InChI=1S/C32H17F9O6S2/c33-21-6-10-23(11-7-21)48(42,43)46-29-25(35)14-19(15-26(29)36)31(32(39,40)41,18-4-2-1-3-5-18)20-16-27(37)30(28(38)17-20)47-49(44,45)24-12-8-22(34)9-13-24/h1-17H. The molecule has 0 unspecified atom stereocenters. The Kier molecular flexibility index (Phi) is 9.20. The van der Waals surface area contributed by atoms with E-state index in [0.717, 1.165) is 24.3 Å². The van der Waals surface area contributed by atoms with Crippen LogP contribution in [-0.4, -0.2) is 23.0 Å². The number of halogens is 9. The highest BCUT2D eigenvalue weighted by atomic mass is 32.2. The van der Waals surface area contributed by atoms with Crippen LogP contribution in [0.1, 0.15) is 16.7 Å². The predicted octanol–water partition coefficient (Wildman–Crippen LogP) is 7.95. The topological polar surface area (TPSA) is 86.7 Å². The maximum absolute atomic E-state index is 15.5. The summed E-state index contributed by atoms with van der Waals surface area (Å²) >= 11 is 0. The Bertz CT molecular complexity index is 2070. The van der Waals surface area contributed by atoms with Gasteiger partial charge in [-0.1, -0.05) is 30.3 Å². The molecule has 6 nitrogen and oxygen atoms in total. The van der Waals surface area contributed by atoms with Gasteiger partial charge in [0.25, 0.3) is 0 Å². The van der Waals surface area contributed by atoms with Gasteiger partial charge in [-0.3, -0.25) is 0 Å². The fourth-order valence-corrected chi connectivity index (χ4v) is 6.80. The van der Waals surface area contributed by atoms with Crippen LogP contribution in [0.4, 0.5) is 39.5 Å². The van der Waals surface area contributed by atoms with Crippen molar-refractivity contribution in [1.82, 2.24) is 0 Å². The predicted molar refractivity (Wildman–Crippen MR) is 154 cm³/mol. The van der Waals surface area contributed by atoms with Crippen molar-refractivity contribution in [2.45, 2.75) is 21.4 Å². The lowest BCUT2D eigenvalue weighted by Gasteiger charge is -2.37. The van der Waals surface area contributed by atoms with Crippen molar-refractivity contribution >= 4 is 20.2 Å². The Morgan fingerprint density at radius 3 is 1.08 bits per heavy atom. The minimum absolute atomic E-state index is 0.0400. The first-order chi connectivity index (χ1) is 22.9. The van der Waals surface area contributed by atoms with Crippen molar-refractivity contribution in [2.75, 3.05) is 0 Å². The van der Waals surface area contributed by atoms with E-state index in [0.29, 0.717) is 48.5 Å². The molecule has 0 amide bonds. The second-order valence-electron chi connectivity index (χ2n) is 10.1. The summed E-state index contributed by atoms with van der Waals surface area (Å²) in [6, 6.07) is 10.8. The van der Waals surface area contributed by atoms with Crippen molar-refractivity contribution < 1.29 is 64.7 Å². The average molecular weight is 733 g/mol. The molecule has 0 N–H and O–H groups in total. The van der Waals surface area contributed by atoms with Crippen LogP contribution in [0, 0.1) is 34.9 Å². The van der Waals surface area contributed by atoms with Gasteiger partial charge in [0.15, 0.2) is 23.3 Å². The summed E-state index contributed by atoms with van der Waals surface area (Å²) in [6.07, 6.45) is -5.67. The van der Waals surface area contributed by atoms with Gasteiger partial charge in [-0.15, -0.1) is 0 Å². The van der Waals surface area contributed by atoms with E-state index >= 15 is 30.7 Å². The van der Waals surface area contributed by atoms with Crippen LogP contribution >= 0.6 is 0 Å². The molecule has 0 aliphatic carbocycles. The third-order valence-electron chi connectivity index (χ3n) is 7.09. The summed E-state index contributed by atoms with van der Waals surface area (Å²) < 4.78 is 194. The summed E-state index contributed by atoms with van der Waals surface area (Å²) in [5, 5.41) is 0. The molecule has 17 heteroatoms. The molecular formula is C32H17F9O6S2. The molecule has 256 valence electrons. The summed E-state index contributed by atoms with van der Waals surface area (Å²) in [4.78, 5) is -1.53. The lowest BCUT2D eigenvalue weighted by Crippen LogP contribution is -2.45. The van der Waals surface area contributed by atoms with E-state index in [4.69, 9.17) is 0 Å². The highest BCUT2D eigenvalue weighted by Crippen LogP contribution is 2.53. The van der Waals surface area contributed by atoms with E-state index in [2.05, 4.69) is 8.37 Å². The van der Waals surface area contributed by atoms with Crippen molar-refractivity contribution in [3.05, 3.63) is 155 Å². The smallest absolute Gasteiger partial charge is 0.373 e. The maximum Gasteiger partial charge on any atom is 0.406 e. The van der Waals surface area contributed by atoms with E-state index in [9.17, 15) is 25.6 Å². The quantitative estimate of drug-likeness (QED) is 0.0869. The molecule has 0 spiro atoms. The fraction of sp³-hybridized carbons (Fsp3) is 0.0625. The average Bonchev–Trinajstić information content (AvgIpc) is 3.01. The van der Waals surface area contributed by atoms with Gasteiger partial charge in [-0.2, -0.15) is 30.0 Å². The third kappa shape index (κ3) is 6.67. The van der Waals surface area contributed by atoms with Crippen LogP contribution in [0.15, 0.2) is 113 Å². The third-order valence-corrected chi connectivity index (χ3v) is 9.56. The zero-order chi connectivity index (χ0) is 35.9. The van der Waals surface area contributed by atoms with Gasteiger partial charge in [-0.25, -0.2) is 26.3 Å². The molecular weight excluding hydrogens is 715 g/mol. The molecule has 0 aliphatic rings. The Hall–Kier alpha value is -5.03. The van der Waals surface area contributed by atoms with Crippen molar-refractivity contribution in [1.29, 1.82) is 0 Å². The van der Waals surface area contributed by atoms with Gasteiger partial charge in [0, 0.05) is 0 Å². The normalized spacial score (nSPS) is 12.5. The van der Waals surface area contributed by atoms with Crippen LogP contribution in [-0.2, 0) is 25.7 Å². The molecule has 0 saturated heterocycles. The molecule has 5 aromatic carbocycles. The van der Waals surface area contributed by atoms with Gasteiger partial charge >= 0.3 is 26.4 Å². The molecule has 0 radical (unpaired) electrons. The Morgan fingerprint density at radius 1 is 0.449 bits per heavy atom. The summed E-state index contributed by atoms with van der Waals surface area (Å²) in [5.41, 5.74) is -7.33. The highest BCUT2D eigenvalue weighted by Gasteiger charge is 2.59. The summed E-state index contributed by atoms with van der Waals surface area (Å²) in [5.74, 6) is -13.0. The fourth-order valence-electron chi connectivity index (χ4n) is 4.91. The molecule has 49 heavy (non-hydrogen) atoms. The molecule has 0 aromatic heterocycles. The van der Waals surface area contributed by atoms with Gasteiger partial charge < -0.3 is 8.37 Å². The second kappa shape index (κ2) is 12.8. The Morgan fingerprint density at radius 2 is 0.776 bits per heavy atom. The molecule has 0 saturated carbocycles. The number of rotatable bonds is 9. The highest BCUT2D eigenvalue weighted by molar-refractivity contribution is 7.87. The number of benzene rings is 5. The number of hydrogen-bond acceptors (Lipinski definition) is 6. The van der Waals surface area contributed by atoms with Crippen LogP contribution in [0.3, 0.4) is 0 Å². The summed E-state index contributed by atoms with van der Waals surface area (Å²) in [7, 11) is -10.1. The largest absolute Gasteiger partial charge is 0.406 e. The van der Waals surface area contributed by atoms with Crippen LogP contribution in [0.5, 0.6) is 11.5 Å². The van der Waals surface area contributed by atoms with E-state index in [1.807, 2.05) is 0 Å². The van der Waals surface area contributed by atoms with Crippen molar-refractivity contribution in [3.8, 4) is 11.5 Å². The van der Waals surface area contributed by atoms with E-state index in [1.54, 1.807) is 0 Å². The molecule has 0 aliphatic heterocycles. The minimum Gasteiger partial charge on any atom is -0.373 e.